The maximum Gasteiger partial charge on any atom is 0.183 e. The number of ketones is 1. The summed E-state index contributed by atoms with van der Waals surface area (Å²) in [4.78, 5) is 11.9. The van der Waals surface area contributed by atoms with Crippen LogP contribution in [0.25, 0.3) is 0 Å². The van der Waals surface area contributed by atoms with E-state index in [1.807, 2.05) is 13.8 Å². The van der Waals surface area contributed by atoms with Crippen LogP contribution in [0.2, 0.25) is 5.02 Å². The van der Waals surface area contributed by atoms with Gasteiger partial charge in [0.1, 0.15) is 5.82 Å². The molecule has 0 amide bonds. The highest BCUT2D eigenvalue weighted by Crippen LogP contribution is 2.21. The van der Waals surface area contributed by atoms with E-state index in [1.54, 1.807) is 0 Å². The summed E-state index contributed by atoms with van der Waals surface area (Å²) >= 11 is 5.79. The zero-order valence-corrected chi connectivity index (χ0v) is 10.1. The lowest BCUT2D eigenvalue weighted by atomic mass is 9.96. The zero-order chi connectivity index (χ0) is 12.3. The van der Waals surface area contributed by atoms with Gasteiger partial charge >= 0.3 is 0 Å². The minimum Gasteiger partial charge on any atom is -0.321 e. The third-order valence-corrected chi connectivity index (χ3v) is 2.59. The van der Waals surface area contributed by atoms with Crippen LogP contribution in [-0.4, -0.2) is 11.8 Å². The molecule has 4 heteroatoms. The van der Waals surface area contributed by atoms with Crippen LogP contribution >= 0.6 is 11.6 Å². The summed E-state index contributed by atoms with van der Waals surface area (Å²) in [6, 6.07) is 3.46. The first-order chi connectivity index (χ1) is 7.43. The number of hydrogen-bond donors (Lipinski definition) is 1. The lowest BCUT2D eigenvalue weighted by molar-refractivity contribution is 0.0947. The summed E-state index contributed by atoms with van der Waals surface area (Å²) < 4.78 is 13.4. The summed E-state index contributed by atoms with van der Waals surface area (Å²) in [7, 11) is 0. The number of hydrogen-bond acceptors (Lipinski definition) is 2. The number of Topliss-reactive ketones (excluding diaryl/α,β-unsaturated/α-hetero) is 1. The molecule has 0 spiro atoms. The predicted molar refractivity (Wildman–Crippen MR) is 63.2 cm³/mol. The van der Waals surface area contributed by atoms with Crippen molar-refractivity contribution in [1.29, 1.82) is 0 Å². The Morgan fingerprint density at radius 2 is 2.12 bits per heavy atom. The fourth-order valence-electron chi connectivity index (χ4n) is 1.53. The standard InChI is InChI=1S/C12H15ClFNO/c1-7(2)6-10(15)12(16)11-8(13)4-3-5-9(11)14/h3-5,7,10H,6,15H2,1-2H3. The molecule has 2 nitrogen and oxygen atoms in total. The summed E-state index contributed by atoms with van der Waals surface area (Å²) in [5, 5.41) is 0.115. The number of nitrogens with two attached hydrogens (primary N) is 1. The normalized spacial score (nSPS) is 12.9. The monoisotopic (exact) mass is 243 g/mol. The molecule has 0 aliphatic heterocycles. The molecule has 1 aromatic rings. The molecule has 0 saturated carbocycles. The highest BCUT2D eigenvalue weighted by Gasteiger charge is 2.22. The fraction of sp³-hybridized carbons (Fsp3) is 0.417. The summed E-state index contributed by atoms with van der Waals surface area (Å²) in [5.74, 6) is -0.766. The van der Waals surface area contributed by atoms with Gasteiger partial charge < -0.3 is 5.73 Å². The highest BCUT2D eigenvalue weighted by atomic mass is 35.5. The molecule has 1 unspecified atom stereocenters. The van der Waals surface area contributed by atoms with Crippen molar-refractivity contribution in [2.75, 3.05) is 0 Å². The molecule has 1 aromatic carbocycles. The molecule has 0 bridgehead atoms. The van der Waals surface area contributed by atoms with E-state index in [-0.39, 0.29) is 16.5 Å². The Bertz CT molecular complexity index is 372. The van der Waals surface area contributed by atoms with Crippen molar-refractivity contribution in [3.63, 3.8) is 0 Å². The Labute approximate surface area is 99.6 Å². The van der Waals surface area contributed by atoms with Crippen LogP contribution in [0.1, 0.15) is 30.6 Å². The van der Waals surface area contributed by atoms with E-state index in [1.165, 1.54) is 18.2 Å². The van der Waals surface area contributed by atoms with E-state index in [0.717, 1.165) is 0 Å². The molecule has 0 heterocycles. The molecular weight excluding hydrogens is 229 g/mol. The van der Waals surface area contributed by atoms with Crippen molar-refractivity contribution in [2.24, 2.45) is 11.7 Å². The highest BCUT2D eigenvalue weighted by molar-refractivity contribution is 6.34. The molecule has 16 heavy (non-hydrogen) atoms. The molecular formula is C12H15ClFNO. The van der Waals surface area contributed by atoms with Gasteiger partial charge in [0.25, 0.3) is 0 Å². The number of rotatable bonds is 4. The summed E-state index contributed by atoms with van der Waals surface area (Å²) in [6.45, 7) is 3.91. The predicted octanol–water partition coefficient (Wildman–Crippen LogP) is 3.04. The van der Waals surface area contributed by atoms with Crippen LogP contribution in [0.4, 0.5) is 4.39 Å². The molecule has 0 aromatic heterocycles. The van der Waals surface area contributed by atoms with Gasteiger partial charge in [-0.2, -0.15) is 0 Å². The van der Waals surface area contributed by atoms with Gasteiger partial charge in [-0.15, -0.1) is 0 Å². The molecule has 0 radical (unpaired) electrons. The topological polar surface area (TPSA) is 43.1 Å². The van der Waals surface area contributed by atoms with Crippen LogP contribution in [0.15, 0.2) is 18.2 Å². The quantitative estimate of drug-likeness (QED) is 0.826. The molecule has 1 atom stereocenters. The minimum absolute atomic E-state index is 0.0997. The van der Waals surface area contributed by atoms with Crippen molar-refractivity contribution in [2.45, 2.75) is 26.3 Å². The molecule has 0 aliphatic rings. The van der Waals surface area contributed by atoms with Gasteiger partial charge in [0.15, 0.2) is 5.78 Å². The van der Waals surface area contributed by atoms with E-state index in [2.05, 4.69) is 0 Å². The van der Waals surface area contributed by atoms with Gasteiger partial charge in [0.05, 0.1) is 16.6 Å². The largest absolute Gasteiger partial charge is 0.321 e. The Kier molecular flexibility index (Phi) is 4.44. The van der Waals surface area contributed by atoms with E-state index >= 15 is 0 Å². The van der Waals surface area contributed by atoms with E-state index in [0.29, 0.717) is 6.42 Å². The smallest absolute Gasteiger partial charge is 0.183 e. The van der Waals surface area contributed by atoms with Crippen molar-refractivity contribution in [1.82, 2.24) is 0 Å². The zero-order valence-electron chi connectivity index (χ0n) is 9.34. The van der Waals surface area contributed by atoms with Crippen molar-refractivity contribution in [3.8, 4) is 0 Å². The molecule has 0 saturated heterocycles. The van der Waals surface area contributed by atoms with Crippen LogP contribution < -0.4 is 5.73 Å². The maximum atomic E-state index is 13.4. The van der Waals surface area contributed by atoms with Crippen LogP contribution in [0.3, 0.4) is 0 Å². The van der Waals surface area contributed by atoms with Crippen molar-refractivity contribution < 1.29 is 9.18 Å². The molecule has 1 rings (SSSR count). The van der Waals surface area contributed by atoms with Gasteiger partial charge in [-0.1, -0.05) is 31.5 Å². The van der Waals surface area contributed by atoms with Crippen molar-refractivity contribution in [3.05, 3.63) is 34.6 Å². The number of benzene rings is 1. The van der Waals surface area contributed by atoms with Gasteiger partial charge in [-0.3, -0.25) is 4.79 Å². The second-order valence-electron chi connectivity index (χ2n) is 4.20. The van der Waals surface area contributed by atoms with Crippen LogP contribution in [0, 0.1) is 11.7 Å². The average Bonchev–Trinajstić information content (AvgIpc) is 2.16. The number of carbonyl (C=O) groups is 1. The second-order valence-corrected chi connectivity index (χ2v) is 4.60. The first-order valence-electron chi connectivity index (χ1n) is 5.17. The van der Waals surface area contributed by atoms with Crippen molar-refractivity contribution >= 4 is 17.4 Å². The maximum absolute atomic E-state index is 13.4. The Morgan fingerprint density at radius 1 is 1.50 bits per heavy atom. The minimum atomic E-state index is -0.700. The third kappa shape index (κ3) is 3.03. The first kappa shape index (κ1) is 13.1. The second kappa shape index (κ2) is 5.41. The van der Waals surface area contributed by atoms with Gasteiger partial charge in [-0.25, -0.2) is 4.39 Å². The summed E-state index contributed by atoms with van der Waals surface area (Å²) in [5.41, 5.74) is 5.61. The van der Waals surface area contributed by atoms with Crippen LogP contribution in [0.5, 0.6) is 0 Å². The Hall–Kier alpha value is -0.930. The van der Waals surface area contributed by atoms with Gasteiger partial charge in [-0.05, 0) is 24.5 Å². The lowest BCUT2D eigenvalue weighted by Gasteiger charge is -2.14. The summed E-state index contributed by atoms with van der Waals surface area (Å²) in [6.07, 6.45) is 0.517. The SMILES string of the molecule is CC(C)CC(N)C(=O)c1c(F)cccc1Cl. The van der Waals surface area contributed by atoms with E-state index in [4.69, 9.17) is 17.3 Å². The number of carbonyl (C=O) groups excluding carboxylic acids is 1. The van der Waals surface area contributed by atoms with Gasteiger partial charge in [0.2, 0.25) is 0 Å². The lowest BCUT2D eigenvalue weighted by Crippen LogP contribution is -2.32. The van der Waals surface area contributed by atoms with Gasteiger partial charge in [0, 0.05) is 0 Å². The molecule has 0 fully saturated rings. The fourth-order valence-corrected chi connectivity index (χ4v) is 1.79. The Balaban J connectivity index is 2.96. The molecule has 88 valence electrons. The van der Waals surface area contributed by atoms with E-state index < -0.39 is 17.6 Å². The van der Waals surface area contributed by atoms with Crippen LogP contribution in [-0.2, 0) is 0 Å². The Morgan fingerprint density at radius 3 is 2.62 bits per heavy atom. The average molecular weight is 244 g/mol. The number of halogens is 2. The van der Waals surface area contributed by atoms with E-state index in [9.17, 15) is 9.18 Å². The first-order valence-corrected chi connectivity index (χ1v) is 5.55. The third-order valence-electron chi connectivity index (χ3n) is 2.27. The molecule has 0 aliphatic carbocycles. The molecule has 2 N–H and O–H groups in total.